The van der Waals surface area contributed by atoms with Crippen LogP contribution in [0.2, 0.25) is 5.02 Å². The van der Waals surface area contributed by atoms with Gasteiger partial charge in [-0.15, -0.1) is 11.6 Å². The largest absolute Gasteiger partial charge is 0.323 e. The van der Waals surface area contributed by atoms with Gasteiger partial charge in [0.15, 0.2) is 0 Å². The van der Waals surface area contributed by atoms with Gasteiger partial charge in [0.05, 0.1) is 16.1 Å². The maximum absolute atomic E-state index is 6.43. The number of alkyl halides is 1. The topological polar surface area (TPSA) is 21.1 Å². The lowest BCUT2D eigenvalue weighted by Gasteiger charge is -2.23. The summed E-state index contributed by atoms with van der Waals surface area (Å²) >= 11 is 12.4. The zero-order valence-electron chi connectivity index (χ0n) is 12.4. The molecule has 3 nitrogen and oxygen atoms in total. The average molecular weight is 326 g/mol. The normalized spacial score (nSPS) is 17.7. The van der Waals surface area contributed by atoms with E-state index in [2.05, 4.69) is 16.4 Å². The van der Waals surface area contributed by atoms with Gasteiger partial charge in [-0.05, 0) is 45.0 Å². The Labute approximate surface area is 135 Å². The molecule has 1 atom stereocenters. The van der Waals surface area contributed by atoms with Gasteiger partial charge in [0, 0.05) is 24.9 Å². The van der Waals surface area contributed by atoms with Crippen molar-refractivity contribution >= 4 is 34.2 Å². The predicted molar refractivity (Wildman–Crippen MR) is 89.6 cm³/mol. The summed E-state index contributed by atoms with van der Waals surface area (Å²) in [5.41, 5.74) is 2.02. The van der Waals surface area contributed by atoms with E-state index in [0.717, 1.165) is 34.8 Å². The second kappa shape index (κ2) is 6.55. The summed E-state index contributed by atoms with van der Waals surface area (Å²) < 4.78 is 2.29. The number of nitrogens with zero attached hydrogens (tertiary/aromatic N) is 3. The first-order valence-electron chi connectivity index (χ1n) is 7.64. The number of halogens is 2. The van der Waals surface area contributed by atoms with Gasteiger partial charge >= 0.3 is 0 Å². The number of para-hydroxylation sites is 1. The maximum atomic E-state index is 6.43. The van der Waals surface area contributed by atoms with E-state index in [-0.39, 0.29) is 0 Å². The third-order valence-electron chi connectivity index (χ3n) is 4.21. The zero-order valence-corrected chi connectivity index (χ0v) is 13.9. The van der Waals surface area contributed by atoms with Crippen LogP contribution in [0.3, 0.4) is 0 Å². The molecule has 5 heteroatoms. The molecule has 0 aliphatic carbocycles. The molecule has 1 unspecified atom stereocenters. The molecule has 0 amide bonds. The minimum Gasteiger partial charge on any atom is -0.323 e. The van der Waals surface area contributed by atoms with E-state index >= 15 is 0 Å². The van der Waals surface area contributed by atoms with Crippen LogP contribution in [0.25, 0.3) is 11.0 Å². The Morgan fingerprint density at radius 3 is 2.76 bits per heavy atom. The van der Waals surface area contributed by atoms with Gasteiger partial charge in [-0.2, -0.15) is 0 Å². The fourth-order valence-electron chi connectivity index (χ4n) is 3.31. The molecule has 0 saturated carbocycles. The van der Waals surface area contributed by atoms with Gasteiger partial charge in [0.2, 0.25) is 0 Å². The second-order valence-corrected chi connectivity index (χ2v) is 6.59. The van der Waals surface area contributed by atoms with Crippen LogP contribution in [0.4, 0.5) is 0 Å². The molecule has 3 rings (SSSR count). The first-order chi connectivity index (χ1) is 10.2. The van der Waals surface area contributed by atoms with Crippen LogP contribution in [-0.2, 0) is 6.42 Å². The van der Waals surface area contributed by atoms with Crippen LogP contribution in [0.5, 0.6) is 0 Å². The van der Waals surface area contributed by atoms with Crippen LogP contribution >= 0.6 is 23.2 Å². The third-order valence-corrected chi connectivity index (χ3v) is 4.71. The molecule has 0 spiro atoms. The average Bonchev–Trinajstić information content (AvgIpc) is 3.07. The van der Waals surface area contributed by atoms with E-state index in [1.165, 1.54) is 25.9 Å². The van der Waals surface area contributed by atoms with E-state index < -0.39 is 0 Å². The zero-order chi connectivity index (χ0) is 14.8. The van der Waals surface area contributed by atoms with E-state index in [4.69, 9.17) is 28.2 Å². The summed E-state index contributed by atoms with van der Waals surface area (Å²) in [4.78, 5) is 7.26. The van der Waals surface area contributed by atoms with Crippen LogP contribution in [0.15, 0.2) is 18.2 Å². The molecule has 2 heterocycles. The number of benzene rings is 1. The van der Waals surface area contributed by atoms with E-state index in [1.54, 1.807) is 0 Å². The first-order valence-corrected chi connectivity index (χ1v) is 8.55. The van der Waals surface area contributed by atoms with Crippen molar-refractivity contribution in [2.75, 3.05) is 25.5 Å². The number of hydrogen-bond acceptors (Lipinski definition) is 2. The lowest BCUT2D eigenvalue weighted by molar-refractivity contribution is 0.288. The lowest BCUT2D eigenvalue weighted by Crippen LogP contribution is -2.28. The standard InChI is InChI=1S/C16H21Cl2N3/c1-12(11-20-9-2-3-10-20)21-15(7-8-17)19-14-6-4-5-13(18)16(14)21/h4-6,12H,2-3,7-11H2,1H3. The number of rotatable bonds is 5. The molecule has 1 aliphatic heterocycles. The Morgan fingerprint density at radius 1 is 1.29 bits per heavy atom. The van der Waals surface area contributed by atoms with Gasteiger partial charge in [-0.25, -0.2) is 4.98 Å². The molecule has 1 aliphatic rings. The fourth-order valence-corrected chi connectivity index (χ4v) is 3.74. The van der Waals surface area contributed by atoms with Gasteiger partial charge < -0.3 is 9.47 Å². The van der Waals surface area contributed by atoms with Crippen LogP contribution < -0.4 is 0 Å². The number of hydrogen-bond donors (Lipinski definition) is 0. The third kappa shape index (κ3) is 3.05. The minimum atomic E-state index is 0.353. The maximum Gasteiger partial charge on any atom is 0.111 e. The van der Waals surface area contributed by atoms with E-state index in [9.17, 15) is 0 Å². The van der Waals surface area contributed by atoms with Crippen molar-refractivity contribution in [3.8, 4) is 0 Å². The summed E-state index contributed by atoms with van der Waals surface area (Å²) in [5.74, 6) is 1.62. The van der Waals surface area contributed by atoms with Crippen molar-refractivity contribution < 1.29 is 0 Å². The van der Waals surface area contributed by atoms with E-state index in [0.29, 0.717) is 11.9 Å². The summed E-state index contributed by atoms with van der Waals surface area (Å²) in [7, 11) is 0. The number of aromatic nitrogens is 2. The van der Waals surface area contributed by atoms with Gasteiger partial charge in [0.25, 0.3) is 0 Å². The first kappa shape index (κ1) is 15.1. The Morgan fingerprint density at radius 2 is 2.05 bits per heavy atom. The van der Waals surface area contributed by atoms with Crippen molar-refractivity contribution in [1.82, 2.24) is 14.5 Å². The SMILES string of the molecule is CC(CN1CCCC1)n1c(CCCl)nc2cccc(Cl)c21. The molecule has 0 bridgehead atoms. The minimum absolute atomic E-state index is 0.353. The Bertz CT molecular complexity index is 617. The molecule has 0 N–H and O–H groups in total. The second-order valence-electron chi connectivity index (χ2n) is 5.80. The molecular weight excluding hydrogens is 305 g/mol. The summed E-state index contributed by atoms with van der Waals surface area (Å²) in [5, 5.41) is 0.772. The number of aryl methyl sites for hydroxylation is 1. The molecule has 114 valence electrons. The highest BCUT2D eigenvalue weighted by atomic mass is 35.5. The molecule has 2 aromatic rings. The van der Waals surface area contributed by atoms with Gasteiger partial charge in [0.1, 0.15) is 5.82 Å². The van der Waals surface area contributed by atoms with Crippen LogP contribution in [-0.4, -0.2) is 40.0 Å². The van der Waals surface area contributed by atoms with Gasteiger partial charge in [-0.3, -0.25) is 0 Å². The molecule has 0 radical (unpaired) electrons. The van der Waals surface area contributed by atoms with Crippen molar-refractivity contribution in [2.45, 2.75) is 32.2 Å². The molecule has 1 fully saturated rings. The van der Waals surface area contributed by atoms with Crippen molar-refractivity contribution in [1.29, 1.82) is 0 Å². The summed E-state index contributed by atoms with van der Waals surface area (Å²) in [6.07, 6.45) is 3.40. The summed E-state index contributed by atoms with van der Waals surface area (Å²) in [6.45, 7) is 5.71. The lowest BCUT2D eigenvalue weighted by atomic mass is 10.2. The fraction of sp³-hybridized carbons (Fsp3) is 0.562. The van der Waals surface area contributed by atoms with Crippen molar-refractivity contribution in [3.05, 3.63) is 29.0 Å². The monoisotopic (exact) mass is 325 g/mol. The summed E-state index contributed by atoms with van der Waals surface area (Å²) in [6, 6.07) is 6.27. The molecule has 1 aromatic carbocycles. The van der Waals surface area contributed by atoms with Crippen LogP contribution in [0, 0.1) is 0 Å². The molecular formula is C16H21Cl2N3. The van der Waals surface area contributed by atoms with Crippen LogP contribution in [0.1, 0.15) is 31.6 Å². The van der Waals surface area contributed by atoms with Crippen molar-refractivity contribution in [3.63, 3.8) is 0 Å². The quantitative estimate of drug-likeness (QED) is 0.771. The van der Waals surface area contributed by atoms with Gasteiger partial charge in [-0.1, -0.05) is 17.7 Å². The molecule has 1 saturated heterocycles. The highest BCUT2D eigenvalue weighted by Gasteiger charge is 2.21. The number of imidazole rings is 1. The highest BCUT2D eigenvalue weighted by Crippen LogP contribution is 2.29. The Hall–Kier alpha value is -0.770. The predicted octanol–water partition coefficient (Wildman–Crippen LogP) is 4.13. The smallest absolute Gasteiger partial charge is 0.111 e. The molecule has 1 aromatic heterocycles. The molecule has 21 heavy (non-hydrogen) atoms. The Balaban J connectivity index is 1.99. The number of fused-ring (bicyclic) bond motifs is 1. The Kier molecular flexibility index (Phi) is 4.72. The number of likely N-dealkylation sites (tertiary alicyclic amines) is 1. The van der Waals surface area contributed by atoms with E-state index in [1.807, 2.05) is 18.2 Å². The highest BCUT2D eigenvalue weighted by molar-refractivity contribution is 6.35. The van der Waals surface area contributed by atoms with Crippen molar-refractivity contribution in [2.24, 2.45) is 0 Å².